The zero-order valence-corrected chi connectivity index (χ0v) is 14.2. The molecule has 0 aliphatic heterocycles. The number of nitrogens with zero attached hydrogens (tertiary/aromatic N) is 1. The molecule has 4 nitrogen and oxygen atoms in total. The number of aromatic nitrogens is 1. The molecule has 0 N–H and O–H groups in total. The van der Waals surface area contributed by atoms with Crippen LogP contribution in [0.25, 0.3) is 11.3 Å². The summed E-state index contributed by atoms with van der Waals surface area (Å²) in [6, 6.07) is 17.4. The van der Waals surface area contributed by atoms with Gasteiger partial charge in [-0.2, -0.15) is 0 Å². The van der Waals surface area contributed by atoms with Crippen molar-refractivity contribution in [1.82, 2.24) is 4.98 Å². The molecule has 0 aliphatic carbocycles. The number of rotatable bonds is 4. The summed E-state index contributed by atoms with van der Waals surface area (Å²) < 4.78 is 31.3. The minimum absolute atomic E-state index is 0.136. The van der Waals surface area contributed by atoms with Crippen molar-refractivity contribution >= 4 is 9.84 Å². The van der Waals surface area contributed by atoms with Gasteiger partial charge in [-0.15, -0.1) is 0 Å². The number of hydrogen-bond acceptors (Lipinski definition) is 4. The van der Waals surface area contributed by atoms with E-state index in [1.807, 2.05) is 25.1 Å². The highest BCUT2D eigenvalue weighted by atomic mass is 32.2. The maximum absolute atomic E-state index is 13.0. The molecule has 2 aromatic carbocycles. The second kappa shape index (κ2) is 6.45. The Labute approximate surface area is 141 Å². The van der Waals surface area contributed by atoms with Crippen molar-refractivity contribution in [2.24, 2.45) is 0 Å². The molecule has 0 bridgehead atoms. The van der Waals surface area contributed by atoms with Crippen LogP contribution in [0.1, 0.15) is 5.56 Å². The molecule has 0 radical (unpaired) electrons. The summed E-state index contributed by atoms with van der Waals surface area (Å²) in [5, 5.41) is 0. The smallest absolute Gasteiger partial charge is 0.210 e. The lowest BCUT2D eigenvalue weighted by molar-refractivity contribution is 0.403. The van der Waals surface area contributed by atoms with Gasteiger partial charge in [0.15, 0.2) is 0 Å². The number of aryl methyl sites for hydroxylation is 1. The lowest BCUT2D eigenvalue weighted by Crippen LogP contribution is -2.05. The molecule has 1 aromatic heterocycles. The molecule has 0 saturated carbocycles. The third-order valence-electron chi connectivity index (χ3n) is 3.75. The van der Waals surface area contributed by atoms with E-state index >= 15 is 0 Å². The van der Waals surface area contributed by atoms with Gasteiger partial charge in [0.2, 0.25) is 9.84 Å². The van der Waals surface area contributed by atoms with Gasteiger partial charge >= 0.3 is 0 Å². The fraction of sp³-hybridized carbons (Fsp3) is 0.105. The maximum Gasteiger partial charge on any atom is 0.210 e. The largest absolute Gasteiger partial charge is 0.495 e. The van der Waals surface area contributed by atoms with E-state index in [0.717, 1.165) is 11.1 Å². The maximum atomic E-state index is 13.0. The average molecular weight is 339 g/mol. The number of pyridine rings is 1. The molecule has 24 heavy (non-hydrogen) atoms. The minimum Gasteiger partial charge on any atom is -0.495 e. The lowest BCUT2D eigenvalue weighted by Gasteiger charge is -2.12. The van der Waals surface area contributed by atoms with Crippen LogP contribution in [0.5, 0.6) is 5.75 Å². The van der Waals surface area contributed by atoms with E-state index in [1.165, 1.54) is 7.11 Å². The normalized spacial score (nSPS) is 11.2. The fourth-order valence-electron chi connectivity index (χ4n) is 2.42. The molecule has 0 spiro atoms. The van der Waals surface area contributed by atoms with Gasteiger partial charge in [-0.3, -0.25) is 4.98 Å². The van der Waals surface area contributed by atoms with E-state index in [9.17, 15) is 8.42 Å². The molecule has 0 unspecified atom stereocenters. The number of ether oxygens (including phenoxy) is 1. The Bertz CT molecular complexity index is 950. The second-order valence-electron chi connectivity index (χ2n) is 5.40. The SMILES string of the molecule is COc1ccc(-c2ccccn2)cc1S(=O)(=O)c1ccc(C)cc1. The van der Waals surface area contributed by atoms with Crippen LogP contribution < -0.4 is 4.74 Å². The van der Waals surface area contributed by atoms with E-state index in [1.54, 1.807) is 48.7 Å². The molecule has 0 saturated heterocycles. The van der Waals surface area contributed by atoms with Crippen molar-refractivity contribution < 1.29 is 13.2 Å². The lowest BCUT2D eigenvalue weighted by atomic mass is 10.1. The first-order chi connectivity index (χ1) is 11.5. The second-order valence-corrected chi connectivity index (χ2v) is 7.32. The Kier molecular flexibility index (Phi) is 4.36. The number of hydrogen-bond donors (Lipinski definition) is 0. The van der Waals surface area contributed by atoms with Gasteiger partial charge in [0.05, 0.1) is 17.7 Å². The van der Waals surface area contributed by atoms with Crippen LogP contribution in [0.4, 0.5) is 0 Å². The summed E-state index contributed by atoms with van der Waals surface area (Å²) in [5.74, 6) is 0.315. The highest BCUT2D eigenvalue weighted by Crippen LogP contribution is 2.33. The third-order valence-corrected chi connectivity index (χ3v) is 5.54. The van der Waals surface area contributed by atoms with E-state index in [4.69, 9.17) is 4.74 Å². The van der Waals surface area contributed by atoms with E-state index in [-0.39, 0.29) is 9.79 Å². The van der Waals surface area contributed by atoms with Crippen LogP contribution in [0.3, 0.4) is 0 Å². The van der Waals surface area contributed by atoms with Gasteiger partial charge in [0, 0.05) is 11.8 Å². The molecule has 0 atom stereocenters. The quantitative estimate of drug-likeness (QED) is 0.723. The molecule has 122 valence electrons. The molecular formula is C19H17NO3S. The van der Waals surface area contributed by atoms with Gasteiger partial charge in [-0.25, -0.2) is 8.42 Å². The highest BCUT2D eigenvalue weighted by molar-refractivity contribution is 7.91. The van der Waals surface area contributed by atoms with Crippen LogP contribution in [0.15, 0.2) is 76.7 Å². The first kappa shape index (κ1) is 16.2. The van der Waals surface area contributed by atoms with Crippen molar-refractivity contribution in [2.45, 2.75) is 16.7 Å². The number of methoxy groups -OCH3 is 1. The molecule has 0 aliphatic rings. The fourth-order valence-corrected chi connectivity index (χ4v) is 3.87. The summed E-state index contributed by atoms with van der Waals surface area (Å²) in [5.41, 5.74) is 2.44. The Morgan fingerprint density at radius 3 is 2.33 bits per heavy atom. The topological polar surface area (TPSA) is 56.3 Å². The molecule has 3 rings (SSSR count). The van der Waals surface area contributed by atoms with Crippen molar-refractivity contribution in [3.8, 4) is 17.0 Å². The molecule has 5 heteroatoms. The van der Waals surface area contributed by atoms with Gasteiger partial charge in [0.1, 0.15) is 10.6 Å². The van der Waals surface area contributed by atoms with E-state index in [0.29, 0.717) is 11.4 Å². The zero-order valence-electron chi connectivity index (χ0n) is 13.4. The first-order valence-corrected chi connectivity index (χ1v) is 8.92. The molecular weight excluding hydrogens is 322 g/mol. The zero-order chi connectivity index (χ0) is 17.2. The Hall–Kier alpha value is -2.66. The predicted octanol–water partition coefficient (Wildman–Crippen LogP) is 3.90. The Balaban J connectivity index is 2.17. The molecule has 0 fully saturated rings. The van der Waals surface area contributed by atoms with E-state index < -0.39 is 9.84 Å². The number of sulfone groups is 1. The van der Waals surface area contributed by atoms with Crippen LogP contribution in [-0.4, -0.2) is 20.5 Å². The summed E-state index contributed by atoms with van der Waals surface area (Å²) in [7, 11) is -2.22. The minimum atomic E-state index is -3.68. The van der Waals surface area contributed by atoms with Crippen LogP contribution in [0.2, 0.25) is 0 Å². The van der Waals surface area contributed by atoms with Crippen molar-refractivity contribution in [3.05, 3.63) is 72.4 Å². The van der Waals surface area contributed by atoms with E-state index in [2.05, 4.69) is 4.98 Å². The summed E-state index contributed by atoms with van der Waals surface area (Å²) in [6.07, 6.45) is 1.67. The van der Waals surface area contributed by atoms with Crippen molar-refractivity contribution in [3.63, 3.8) is 0 Å². The predicted molar refractivity (Wildman–Crippen MR) is 92.9 cm³/mol. The van der Waals surface area contributed by atoms with Gasteiger partial charge in [-0.05, 0) is 49.4 Å². The van der Waals surface area contributed by atoms with Crippen molar-refractivity contribution in [2.75, 3.05) is 7.11 Å². The van der Waals surface area contributed by atoms with Gasteiger partial charge in [-0.1, -0.05) is 23.8 Å². The highest BCUT2D eigenvalue weighted by Gasteiger charge is 2.23. The summed E-state index contributed by atoms with van der Waals surface area (Å²) in [4.78, 5) is 4.65. The number of benzene rings is 2. The standard InChI is InChI=1S/C19H17NO3S/c1-14-6-9-16(10-7-14)24(21,22)19-13-15(8-11-18(19)23-2)17-5-3-4-12-20-17/h3-13H,1-2H3. The Morgan fingerprint density at radius 1 is 0.958 bits per heavy atom. The summed E-state index contributed by atoms with van der Waals surface area (Å²) >= 11 is 0. The third kappa shape index (κ3) is 3.03. The van der Waals surface area contributed by atoms with Gasteiger partial charge < -0.3 is 4.74 Å². The van der Waals surface area contributed by atoms with Crippen molar-refractivity contribution in [1.29, 1.82) is 0 Å². The van der Waals surface area contributed by atoms with Crippen LogP contribution in [0, 0.1) is 6.92 Å². The van der Waals surface area contributed by atoms with Crippen LogP contribution >= 0.6 is 0 Å². The summed E-state index contributed by atoms with van der Waals surface area (Å²) in [6.45, 7) is 1.92. The first-order valence-electron chi connectivity index (χ1n) is 7.43. The molecule has 3 aromatic rings. The van der Waals surface area contributed by atoms with Crippen LogP contribution in [-0.2, 0) is 9.84 Å². The molecule has 0 amide bonds. The monoisotopic (exact) mass is 339 g/mol. The van der Waals surface area contributed by atoms with Gasteiger partial charge in [0.25, 0.3) is 0 Å². The average Bonchev–Trinajstić information content (AvgIpc) is 2.62. The Morgan fingerprint density at radius 2 is 1.71 bits per heavy atom. The molecule has 1 heterocycles.